The van der Waals surface area contributed by atoms with Crippen molar-refractivity contribution in [2.75, 3.05) is 37.3 Å². The molecule has 2 N–H and O–H groups in total. The maximum atomic E-state index is 4.45. The average Bonchev–Trinajstić information content (AvgIpc) is 2.40. The highest BCUT2D eigenvalue weighted by molar-refractivity contribution is 5.42. The Morgan fingerprint density at radius 3 is 2.68 bits per heavy atom. The molecule has 0 unspecified atom stereocenters. The number of anilines is 2. The second kappa shape index (κ2) is 6.70. The van der Waals surface area contributed by atoms with Crippen molar-refractivity contribution in [1.29, 1.82) is 0 Å². The predicted octanol–water partition coefficient (Wildman–Crippen LogP) is 2.11. The van der Waals surface area contributed by atoms with E-state index in [2.05, 4.69) is 32.4 Å². The van der Waals surface area contributed by atoms with Crippen molar-refractivity contribution < 1.29 is 0 Å². The Morgan fingerprint density at radius 1 is 1.32 bits per heavy atom. The van der Waals surface area contributed by atoms with Gasteiger partial charge in [0.2, 0.25) is 5.95 Å². The van der Waals surface area contributed by atoms with Gasteiger partial charge in [0.05, 0.1) is 0 Å². The van der Waals surface area contributed by atoms with Crippen LogP contribution in [0, 0.1) is 6.92 Å². The molecule has 0 bridgehead atoms. The zero-order valence-corrected chi connectivity index (χ0v) is 12.2. The van der Waals surface area contributed by atoms with Crippen molar-refractivity contribution >= 4 is 11.8 Å². The number of likely N-dealkylation sites (tertiary alicyclic amines) is 1. The second-order valence-corrected chi connectivity index (χ2v) is 5.23. The van der Waals surface area contributed by atoms with E-state index in [1.165, 1.54) is 38.9 Å². The second-order valence-electron chi connectivity index (χ2n) is 5.23. The molecule has 0 aliphatic carbocycles. The summed E-state index contributed by atoms with van der Waals surface area (Å²) in [5.41, 5.74) is 0.991. The van der Waals surface area contributed by atoms with E-state index in [0.717, 1.165) is 11.5 Å². The lowest BCUT2D eigenvalue weighted by Gasteiger charge is -2.32. The van der Waals surface area contributed by atoms with Crippen LogP contribution in [0.5, 0.6) is 0 Å². The monoisotopic (exact) mass is 263 g/mol. The first-order valence-corrected chi connectivity index (χ1v) is 7.23. The molecule has 1 aliphatic heterocycles. The summed E-state index contributed by atoms with van der Waals surface area (Å²) in [6.45, 7) is 7.84. The Kier molecular flexibility index (Phi) is 4.96. The summed E-state index contributed by atoms with van der Waals surface area (Å²) in [5.74, 6) is 1.62. The summed E-state index contributed by atoms with van der Waals surface area (Å²) in [6, 6.07) is 2.55. The van der Waals surface area contributed by atoms with Gasteiger partial charge in [0.15, 0.2) is 0 Å². The normalized spacial score (nSPS) is 17.4. The molecule has 2 rings (SSSR count). The summed E-state index contributed by atoms with van der Waals surface area (Å²) in [4.78, 5) is 11.3. The van der Waals surface area contributed by atoms with Gasteiger partial charge in [-0.3, -0.25) is 0 Å². The first-order chi connectivity index (χ1) is 9.21. The highest BCUT2D eigenvalue weighted by atomic mass is 15.2. The number of hydrogen-bond acceptors (Lipinski definition) is 5. The van der Waals surface area contributed by atoms with Crippen LogP contribution in [0.2, 0.25) is 0 Å². The van der Waals surface area contributed by atoms with Crippen molar-refractivity contribution in [2.24, 2.45) is 0 Å². The SMILES string of the molecule is CCCN1CCC(Nc2cc(C)nc(NC)n2)CC1. The Hall–Kier alpha value is -1.36. The highest BCUT2D eigenvalue weighted by Crippen LogP contribution is 2.17. The first kappa shape index (κ1) is 14.1. The summed E-state index contributed by atoms with van der Waals surface area (Å²) >= 11 is 0. The standard InChI is InChI=1S/C14H25N5/c1-4-7-19-8-5-12(6-9-19)17-13-10-11(2)16-14(15-3)18-13/h10,12H,4-9H2,1-3H3,(H2,15,16,17,18). The molecule has 1 aliphatic rings. The maximum absolute atomic E-state index is 4.45. The van der Waals surface area contributed by atoms with Gasteiger partial charge >= 0.3 is 0 Å². The van der Waals surface area contributed by atoms with Gasteiger partial charge in [-0.05, 0) is 32.7 Å². The molecule has 0 aromatic carbocycles. The summed E-state index contributed by atoms with van der Waals surface area (Å²) in [7, 11) is 1.85. The van der Waals surface area contributed by atoms with E-state index >= 15 is 0 Å². The van der Waals surface area contributed by atoms with Crippen LogP contribution in [0.15, 0.2) is 6.07 Å². The lowest BCUT2D eigenvalue weighted by atomic mass is 10.0. The molecule has 1 aromatic heterocycles. The van der Waals surface area contributed by atoms with Crippen LogP contribution in [0.4, 0.5) is 11.8 Å². The number of aromatic nitrogens is 2. The number of aryl methyl sites for hydroxylation is 1. The molecule has 19 heavy (non-hydrogen) atoms. The lowest BCUT2D eigenvalue weighted by molar-refractivity contribution is 0.219. The Bertz CT molecular complexity index is 399. The molecule has 0 amide bonds. The van der Waals surface area contributed by atoms with Gasteiger partial charge in [0, 0.05) is 37.9 Å². The zero-order chi connectivity index (χ0) is 13.7. The van der Waals surface area contributed by atoms with Crippen LogP contribution in [0.3, 0.4) is 0 Å². The third-order valence-corrected chi connectivity index (χ3v) is 3.56. The van der Waals surface area contributed by atoms with E-state index in [1.807, 2.05) is 20.0 Å². The van der Waals surface area contributed by atoms with Gasteiger partial charge in [-0.15, -0.1) is 0 Å². The van der Waals surface area contributed by atoms with Crippen LogP contribution in [0.25, 0.3) is 0 Å². The molecule has 0 saturated carbocycles. The van der Waals surface area contributed by atoms with Crippen LogP contribution < -0.4 is 10.6 Å². The Balaban J connectivity index is 1.90. The number of piperidine rings is 1. The van der Waals surface area contributed by atoms with Crippen molar-refractivity contribution in [3.05, 3.63) is 11.8 Å². The molecule has 1 saturated heterocycles. The highest BCUT2D eigenvalue weighted by Gasteiger charge is 2.18. The van der Waals surface area contributed by atoms with E-state index in [0.29, 0.717) is 12.0 Å². The van der Waals surface area contributed by atoms with Crippen LogP contribution in [-0.2, 0) is 0 Å². The van der Waals surface area contributed by atoms with Gasteiger partial charge in [0.25, 0.3) is 0 Å². The van der Waals surface area contributed by atoms with Crippen molar-refractivity contribution in [2.45, 2.75) is 39.2 Å². The minimum atomic E-state index is 0.534. The molecule has 5 heteroatoms. The number of rotatable bonds is 5. The summed E-state index contributed by atoms with van der Waals surface area (Å²) in [6.07, 6.45) is 3.63. The van der Waals surface area contributed by atoms with Gasteiger partial charge in [0.1, 0.15) is 5.82 Å². The Morgan fingerprint density at radius 2 is 2.05 bits per heavy atom. The first-order valence-electron chi connectivity index (χ1n) is 7.23. The molecule has 0 spiro atoms. The maximum Gasteiger partial charge on any atom is 0.224 e. The third-order valence-electron chi connectivity index (χ3n) is 3.56. The topological polar surface area (TPSA) is 53.1 Å². The zero-order valence-electron chi connectivity index (χ0n) is 12.2. The third kappa shape index (κ3) is 4.06. The van der Waals surface area contributed by atoms with Gasteiger partial charge in [-0.2, -0.15) is 4.98 Å². The molecule has 106 valence electrons. The van der Waals surface area contributed by atoms with Gasteiger partial charge < -0.3 is 15.5 Å². The quantitative estimate of drug-likeness (QED) is 0.852. The van der Waals surface area contributed by atoms with Crippen LogP contribution >= 0.6 is 0 Å². The lowest BCUT2D eigenvalue weighted by Crippen LogP contribution is -2.39. The van der Waals surface area contributed by atoms with Crippen molar-refractivity contribution in [3.8, 4) is 0 Å². The fourth-order valence-corrected chi connectivity index (χ4v) is 2.58. The van der Waals surface area contributed by atoms with Gasteiger partial charge in [-0.25, -0.2) is 4.98 Å². The molecular weight excluding hydrogens is 238 g/mol. The Labute approximate surface area is 115 Å². The molecule has 5 nitrogen and oxygen atoms in total. The van der Waals surface area contributed by atoms with E-state index in [9.17, 15) is 0 Å². The number of hydrogen-bond donors (Lipinski definition) is 2. The largest absolute Gasteiger partial charge is 0.367 e. The smallest absolute Gasteiger partial charge is 0.224 e. The van der Waals surface area contributed by atoms with Crippen molar-refractivity contribution in [3.63, 3.8) is 0 Å². The minimum absolute atomic E-state index is 0.534. The van der Waals surface area contributed by atoms with Gasteiger partial charge in [-0.1, -0.05) is 6.92 Å². The average molecular weight is 263 g/mol. The molecule has 2 heterocycles. The molecule has 1 aromatic rings. The molecule has 0 radical (unpaired) electrons. The van der Waals surface area contributed by atoms with E-state index < -0.39 is 0 Å². The molecule has 1 fully saturated rings. The molecular formula is C14H25N5. The number of nitrogens with one attached hydrogen (secondary N) is 2. The predicted molar refractivity (Wildman–Crippen MR) is 79.7 cm³/mol. The minimum Gasteiger partial charge on any atom is -0.367 e. The number of nitrogens with zero attached hydrogens (tertiary/aromatic N) is 3. The van der Waals surface area contributed by atoms with E-state index in [4.69, 9.17) is 0 Å². The fourth-order valence-electron chi connectivity index (χ4n) is 2.58. The fraction of sp³-hybridized carbons (Fsp3) is 0.714. The van der Waals surface area contributed by atoms with Crippen molar-refractivity contribution in [1.82, 2.24) is 14.9 Å². The van der Waals surface area contributed by atoms with Crippen LogP contribution in [0.1, 0.15) is 31.9 Å². The summed E-state index contributed by atoms with van der Waals surface area (Å²) in [5, 5.41) is 6.54. The van der Waals surface area contributed by atoms with E-state index in [1.54, 1.807) is 0 Å². The molecule has 0 atom stereocenters. The van der Waals surface area contributed by atoms with Crippen LogP contribution in [-0.4, -0.2) is 47.6 Å². The summed E-state index contributed by atoms with van der Waals surface area (Å²) < 4.78 is 0. The van der Waals surface area contributed by atoms with E-state index in [-0.39, 0.29) is 0 Å².